The molecule has 1 aliphatic heterocycles. The average Bonchev–Trinajstić information content (AvgIpc) is 3.33. The maximum atomic E-state index is 12.4. The molecule has 4 amide bonds. The monoisotopic (exact) mass is 424 g/mol. The minimum Gasteiger partial charge on any atom is -0.406 e. The van der Waals surface area contributed by atoms with Gasteiger partial charge in [-0.2, -0.15) is 9.90 Å². The van der Waals surface area contributed by atoms with Crippen LogP contribution in [0.5, 0.6) is 5.75 Å². The van der Waals surface area contributed by atoms with Crippen LogP contribution in [-0.2, 0) is 4.79 Å². The summed E-state index contributed by atoms with van der Waals surface area (Å²) in [6, 6.07) is 4.16. The maximum absolute atomic E-state index is 12.4. The average molecular weight is 424 g/mol. The first-order chi connectivity index (χ1) is 14.2. The predicted octanol–water partition coefficient (Wildman–Crippen LogP) is 0.884. The second-order valence-electron chi connectivity index (χ2n) is 6.90. The molecule has 4 rings (SSSR count). The van der Waals surface area contributed by atoms with Gasteiger partial charge < -0.3 is 15.4 Å². The van der Waals surface area contributed by atoms with Gasteiger partial charge >= 0.3 is 12.4 Å². The van der Waals surface area contributed by atoms with Gasteiger partial charge in [-0.15, -0.1) is 18.3 Å². The molecular weight excluding hydrogens is 409 g/mol. The van der Waals surface area contributed by atoms with Gasteiger partial charge in [-0.05, 0) is 43.0 Å². The van der Waals surface area contributed by atoms with E-state index < -0.39 is 35.5 Å². The molecule has 1 aromatic heterocycles. The molecular formula is C17H15F3N6O4. The van der Waals surface area contributed by atoms with Crippen molar-refractivity contribution in [3.8, 4) is 11.4 Å². The molecule has 3 N–H and O–H groups in total. The molecule has 30 heavy (non-hydrogen) atoms. The van der Waals surface area contributed by atoms with Crippen LogP contribution in [0.2, 0.25) is 0 Å². The van der Waals surface area contributed by atoms with E-state index in [-0.39, 0.29) is 18.2 Å². The highest BCUT2D eigenvalue weighted by molar-refractivity contribution is 6.08. The minimum atomic E-state index is -4.80. The minimum absolute atomic E-state index is 0.0580. The van der Waals surface area contributed by atoms with Gasteiger partial charge in [0.1, 0.15) is 11.3 Å². The van der Waals surface area contributed by atoms with Crippen molar-refractivity contribution in [1.82, 2.24) is 30.9 Å². The van der Waals surface area contributed by atoms with E-state index in [4.69, 9.17) is 0 Å². The third-order valence-corrected chi connectivity index (χ3v) is 4.80. The number of rotatable bonds is 6. The van der Waals surface area contributed by atoms with Crippen molar-refractivity contribution in [3.63, 3.8) is 0 Å². The molecule has 10 nitrogen and oxygen atoms in total. The van der Waals surface area contributed by atoms with E-state index in [1.54, 1.807) is 0 Å². The molecule has 158 valence electrons. The SMILES string of the molecule is O=C1NC(=O)[C@](CNC(=O)c2cnn(-c3ccc(OC(F)(F)F)cc3)n2)(C2CC2)N1. The van der Waals surface area contributed by atoms with Crippen molar-refractivity contribution in [2.45, 2.75) is 24.7 Å². The third kappa shape index (κ3) is 3.90. The van der Waals surface area contributed by atoms with Gasteiger partial charge in [0.25, 0.3) is 11.8 Å². The van der Waals surface area contributed by atoms with Gasteiger partial charge in [0.05, 0.1) is 18.4 Å². The van der Waals surface area contributed by atoms with Crippen LogP contribution in [-0.4, -0.2) is 51.3 Å². The Bertz CT molecular complexity index is 1000. The van der Waals surface area contributed by atoms with E-state index in [0.717, 1.165) is 29.8 Å². The van der Waals surface area contributed by atoms with E-state index in [2.05, 4.69) is 30.9 Å². The van der Waals surface area contributed by atoms with Gasteiger partial charge in [-0.1, -0.05) is 0 Å². The summed E-state index contributed by atoms with van der Waals surface area (Å²) in [5.74, 6) is -1.57. The lowest BCUT2D eigenvalue weighted by molar-refractivity contribution is -0.274. The van der Waals surface area contributed by atoms with Crippen molar-refractivity contribution >= 4 is 17.8 Å². The van der Waals surface area contributed by atoms with E-state index in [1.807, 2.05) is 0 Å². The zero-order valence-electron chi connectivity index (χ0n) is 15.2. The van der Waals surface area contributed by atoms with Crippen molar-refractivity contribution in [3.05, 3.63) is 36.2 Å². The molecule has 1 aromatic carbocycles. The van der Waals surface area contributed by atoms with Gasteiger partial charge in [0.2, 0.25) is 0 Å². The van der Waals surface area contributed by atoms with Crippen molar-refractivity contribution in [2.75, 3.05) is 6.54 Å². The maximum Gasteiger partial charge on any atom is 0.573 e. The number of halogens is 3. The summed E-state index contributed by atoms with van der Waals surface area (Å²) in [6.45, 7) is -0.107. The molecule has 1 saturated heterocycles. The Labute approximate surface area is 166 Å². The Morgan fingerprint density at radius 3 is 2.53 bits per heavy atom. The Balaban J connectivity index is 1.42. The van der Waals surface area contributed by atoms with Crippen LogP contribution in [0.15, 0.2) is 30.5 Å². The molecule has 0 unspecified atom stereocenters. The van der Waals surface area contributed by atoms with Crippen LogP contribution in [0.1, 0.15) is 23.3 Å². The van der Waals surface area contributed by atoms with Crippen molar-refractivity contribution in [2.24, 2.45) is 5.92 Å². The highest BCUT2D eigenvalue weighted by Crippen LogP contribution is 2.41. The summed E-state index contributed by atoms with van der Waals surface area (Å²) >= 11 is 0. The molecule has 1 aliphatic carbocycles. The number of ether oxygens (including phenoxy) is 1. The van der Waals surface area contributed by atoms with Crippen molar-refractivity contribution in [1.29, 1.82) is 0 Å². The standard InChI is InChI=1S/C17H15F3N6O4/c18-17(19,20)30-11-5-3-10(4-6-11)26-22-7-12(25-26)13(27)21-8-16(9-1-2-9)14(28)23-15(29)24-16/h3-7,9H,1-2,8H2,(H,21,27)(H2,23,24,28,29)/t16-/m0/s1. The van der Waals surface area contributed by atoms with E-state index in [1.165, 1.54) is 18.3 Å². The van der Waals surface area contributed by atoms with Gasteiger partial charge in [0, 0.05) is 0 Å². The number of urea groups is 1. The van der Waals surface area contributed by atoms with Crippen LogP contribution in [0.4, 0.5) is 18.0 Å². The van der Waals surface area contributed by atoms with E-state index in [9.17, 15) is 27.6 Å². The first kappa shape index (κ1) is 19.7. The number of nitrogens with one attached hydrogen (secondary N) is 3. The fraction of sp³-hybridized carbons (Fsp3) is 0.353. The summed E-state index contributed by atoms with van der Waals surface area (Å²) in [6.07, 6.45) is -2.11. The summed E-state index contributed by atoms with van der Waals surface area (Å²) < 4.78 is 40.5. The second-order valence-corrected chi connectivity index (χ2v) is 6.90. The lowest BCUT2D eigenvalue weighted by Gasteiger charge is -2.25. The summed E-state index contributed by atoms with van der Waals surface area (Å²) in [4.78, 5) is 37.2. The number of imide groups is 1. The highest BCUT2D eigenvalue weighted by atomic mass is 19.4. The molecule has 1 atom stereocenters. The van der Waals surface area contributed by atoms with Crippen LogP contribution in [0.25, 0.3) is 5.69 Å². The van der Waals surface area contributed by atoms with Crippen LogP contribution in [0, 0.1) is 5.92 Å². The quantitative estimate of drug-likeness (QED) is 0.591. The van der Waals surface area contributed by atoms with Crippen LogP contribution in [0.3, 0.4) is 0 Å². The summed E-state index contributed by atoms with van der Waals surface area (Å²) in [5.41, 5.74) is -0.946. The van der Waals surface area contributed by atoms with Gasteiger partial charge in [0.15, 0.2) is 5.69 Å². The topological polar surface area (TPSA) is 127 Å². The van der Waals surface area contributed by atoms with Gasteiger partial charge in [-0.3, -0.25) is 14.9 Å². The number of nitrogens with zero attached hydrogens (tertiary/aromatic N) is 3. The molecule has 1 saturated carbocycles. The largest absolute Gasteiger partial charge is 0.573 e. The highest BCUT2D eigenvalue weighted by Gasteiger charge is 2.56. The first-order valence-electron chi connectivity index (χ1n) is 8.87. The molecule has 13 heteroatoms. The zero-order valence-corrected chi connectivity index (χ0v) is 15.2. The smallest absolute Gasteiger partial charge is 0.406 e. The number of carbonyl (C=O) groups is 3. The van der Waals surface area contributed by atoms with Crippen molar-refractivity contribution < 1.29 is 32.3 Å². The molecule has 2 aliphatic rings. The Hall–Kier alpha value is -3.64. The number of carbonyl (C=O) groups excluding carboxylic acids is 3. The van der Waals surface area contributed by atoms with Crippen LogP contribution < -0.4 is 20.7 Å². The Morgan fingerprint density at radius 2 is 1.97 bits per heavy atom. The fourth-order valence-electron chi connectivity index (χ4n) is 3.22. The number of hydrogen-bond acceptors (Lipinski definition) is 6. The number of hydrogen-bond donors (Lipinski definition) is 3. The normalized spacial score (nSPS) is 21.2. The fourth-order valence-corrected chi connectivity index (χ4v) is 3.22. The lowest BCUT2D eigenvalue weighted by Crippen LogP contribution is -2.57. The van der Waals surface area contributed by atoms with Crippen LogP contribution >= 0.6 is 0 Å². The number of amides is 4. The molecule has 2 heterocycles. The summed E-state index contributed by atoms with van der Waals surface area (Å²) in [5, 5.41) is 15.3. The van der Waals surface area contributed by atoms with E-state index in [0.29, 0.717) is 5.69 Å². The third-order valence-electron chi connectivity index (χ3n) is 4.80. The lowest BCUT2D eigenvalue weighted by atomic mass is 9.93. The molecule has 2 aromatic rings. The predicted molar refractivity (Wildman–Crippen MR) is 92.5 cm³/mol. The molecule has 0 radical (unpaired) electrons. The molecule has 0 spiro atoms. The number of benzene rings is 1. The molecule has 0 bridgehead atoms. The summed E-state index contributed by atoms with van der Waals surface area (Å²) in [7, 11) is 0. The zero-order chi connectivity index (χ0) is 21.5. The van der Waals surface area contributed by atoms with Gasteiger partial charge in [-0.25, -0.2) is 4.79 Å². The second kappa shape index (κ2) is 7.00. The number of alkyl halides is 3. The number of aromatic nitrogens is 3. The Morgan fingerprint density at radius 1 is 1.27 bits per heavy atom. The first-order valence-corrected chi connectivity index (χ1v) is 8.87. The van der Waals surface area contributed by atoms with E-state index >= 15 is 0 Å². The Kier molecular flexibility index (Phi) is 4.59. The molecule has 2 fully saturated rings.